The largest absolute Gasteiger partial charge is 0.479 e. The number of aliphatic carboxylic acids is 2. The van der Waals surface area contributed by atoms with Gasteiger partial charge < -0.3 is 90.7 Å². The van der Waals surface area contributed by atoms with Crippen LogP contribution in [-0.4, -0.2) is 262 Å². The van der Waals surface area contributed by atoms with Gasteiger partial charge in [-0.3, -0.25) is 52.7 Å². The van der Waals surface area contributed by atoms with Gasteiger partial charge in [-0.1, -0.05) is 117 Å². The minimum atomic E-state index is -2.27. The number of nitrogens with zero attached hydrogens (tertiary/aromatic N) is 7. The first-order valence-corrected chi connectivity index (χ1v) is 41.5. The minimum Gasteiger partial charge on any atom is -0.479 e. The molecule has 4 aliphatic heterocycles. The summed E-state index contributed by atoms with van der Waals surface area (Å²) in [4.78, 5) is 224. The number of rotatable bonds is 15. The number of aliphatic hydroxyl groups excluding tert-OH is 2. The van der Waals surface area contributed by atoms with Gasteiger partial charge in [0.1, 0.15) is 47.6 Å². The SMILES string of the molecule is CC(CN(C)C)CN1c2ccccc2Sc2ccccc21.Cc1c2oc3c(C)ccc(C(=O)NC4C(=O)NC(C(C)C)C(=O)C5CCCC5C(=O)N(C)CC(=O)N(C)C(C(C)C)C(=O)OC4C)c3nc-2c(C(=O)NC2C(=O)NC(C(C)C)C(=O)C3CCCC3C(=O)N(C)CC(=O)N(C)C(C(C)C)C(=O)OC2C)c(N)c1=O.O=C(O)C(O)C(O)C(=O)O. The summed E-state index contributed by atoms with van der Waals surface area (Å²) in [5.41, 5.74) is 6.35. The highest BCUT2D eigenvalue weighted by atomic mass is 32.2. The molecule has 4 heterocycles. The van der Waals surface area contributed by atoms with Gasteiger partial charge in [0.25, 0.3) is 11.8 Å². The smallest absolute Gasteiger partial charge is 0.335 e. The number of carbonyl (C=O) groups excluding carboxylic acids is 12. The lowest BCUT2D eigenvalue weighted by Gasteiger charge is -2.35. The Morgan fingerprint density at radius 1 is 0.595 bits per heavy atom. The first-order chi connectivity index (χ1) is 56.7. The number of esters is 2. The molecule has 3 aliphatic carbocycles. The first kappa shape index (κ1) is 95.6. The number of anilines is 3. The van der Waals surface area contributed by atoms with Gasteiger partial charge in [-0.2, -0.15) is 0 Å². The van der Waals surface area contributed by atoms with Gasteiger partial charge in [0.2, 0.25) is 40.9 Å². The number of hydrogen-bond donors (Lipinski definition) is 9. The van der Waals surface area contributed by atoms with Crippen LogP contribution < -0.4 is 37.3 Å². The third-order valence-electron chi connectivity index (χ3n) is 22.9. The van der Waals surface area contributed by atoms with Crippen LogP contribution in [0, 0.1) is 67.1 Å². The average molecular weight is 1700 g/mol. The van der Waals surface area contributed by atoms with Crippen LogP contribution in [0.5, 0.6) is 0 Å². The third-order valence-corrected chi connectivity index (χ3v) is 24.0. The summed E-state index contributed by atoms with van der Waals surface area (Å²) in [7, 11) is 9.95. The molecule has 2 saturated carbocycles. The van der Waals surface area contributed by atoms with Crippen molar-refractivity contribution < 1.29 is 101 Å². The number of ether oxygens (including phenoxy) is 2. The number of nitrogen functional groups attached to an aromatic ring is 1. The Bertz CT molecular complexity index is 4730. The topological polar surface area (TPSA) is 475 Å². The van der Waals surface area contributed by atoms with Gasteiger partial charge in [-0.05, 0) is 133 Å². The predicted molar refractivity (Wildman–Crippen MR) is 447 cm³/mol. The van der Waals surface area contributed by atoms with Gasteiger partial charge in [-0.15, -0.1) is 0 Å². The molecule has 3 aromatic rings. The third kappa shape index (κ3) is 21.7. The Hall–Kier alpha value is -10.9. The number of aromatic nitrogens is 1. The average Bonchev–Trinajstić information content (AvgIpc) is 1.18. The van der Waals surface area contributed by atoms with Crippen LogP contribution in [0.3, 0.4) is 0 Å². The summed E-state index contributed by atoms with van der Waals surface area (Å²) in [5, 5.41) is 43.3. The summed E-state index contributed by atoms with van der Waals surface area (Å²) in [6, 6.07) is 11.7. The zero-order chi connectivity index (χ0) is 90.1. The molecule has 3 aromatic carbocycles. The van der Waals surface area contributed by atoms with Crippen molar-refractivity contribution in [3.8, 4) is 11.5 Å². The minimum absolute atomic E-state index is 0.0668. The summed E-state index contributed by atoms with van der Waals surface area (Å²) in [5.74, 6) is -17.8. The lowest BCUT2D eigenvalue weighted by atomic mass is 9.83. The van der Waals surface area contributed by atoms with Gasteiger partial charge in [-0.25, -0.2) is 24.2 Å². The number of benzene rings is 4. The molecule has 0 radical (unpaired) electrons. The van der Waals surface area contributed by atoms with E-state index in [1.165, 1.54) is 92.1 Å². The van der Waals surface area contributed by atoms with E-state index in [9.17, 15) is 62.3 Å². The van der Waals surface area contributed by atoms with E-state index < -0.39 is 220 Å². The number of ketones is 2. The molecule has 0 bridgehead atoms. The molecule has 34 nitrogen and oxygen atoms in total. The molecule has 4 fully saturated rings. The first-order valence-electron chi connectivity index (χ1n) is 40.7. The monoisotopic (exact) mass is 1700 g/mol. The number of fused-ring (bicyclic) bond motifs is 6. The Labute approximate surface area is 707 Å². The fraction of sp³-hybridized carbons (Fsp3) is 0.558. The Morgan fingerprint density at radius 2 is 1.01 bits per heavy atom. The molecule has 10 rings (SSSR count). The molecule has 0 spiro atoms. The van der Waals surface area contributed by atoms with Crippen molar-refractivity contribution in [3.05, 3.63) is 93.1 Å². The lowest BCUT2D eigenvalue weighted by molar-refractivity contribution is -0.165. The van der Waals surface area contributed by atoms with Gasteiger partial charge in [0.05, 0.1) is 53.4 Å². The molecule has 15 unspecified atom stereocenters. The van der Waals surface area contributed by atoms with E-state index in [4.69, 9.17) is 45.0 Å². The Balaban J connectivity index is 0.000000485. The number of carboxylic acids is 2. The number of aliphatic hydroxyl groups is 2. The van der Waals surface area contributed by atoms with E-state index in [1.54, 1.807) is 62.3 Å². The number of para-hydroxylation sites is 2. The van der Waals surface area contributed by atoms with E-state index in [0.717, 1.165) is 22.9 Å². The molecule has 7 aliphatic rings. The number of aryl methyl sites for hydroxylation is 1. The maximum atomic E-state index is 15.2. The highest BCUT2D eigenvalue weighted by Gasteiger charge is 2.48. The van der Waals surface area contributed by atoms with Gasteiger partial charge in [0.15, 0.2) is 35.1 Å². The van der Waals surface area contributed by atoms with E-state index in [2.05, 4.69) is 101 Å². The summed E-state index contributed by atoms with van der Waals surface area (Å²) >= 11 is 1.88. The molecule has 0 aromatic heterocycles. The summed E-state index contributed by atoms with van der Waals surface area (Å²) < 4.78 is 18.3. The molecule has 10 N–H and O–H groups in total. The van der Waals surface area contributed by atoms with E-state index in [0.29, 0.717) is 50.0 Å². The second kappa shape index (κ2) is 40.6. The zero-order valence-corrected chi connectivity index (χ0v) is 72.9. The number of cyclic esters (lactones) is 2. The molecule has 658 valence electrons. The van der Waals surface area contributed by atoms with Crippen molar-refractivity contribution in [3.63, 3.8) is 0 Å². The number of carbonyl (C=O) groups is 14. The number of Topliss-reactive ketones (excluding diaryl/α,β-unsaturated/α-hetero) is 2. The molecule has 121 heavy (non-hydrogen) atoms. The zero-order valence-electron chi connectivity index (χ0n) is 72.1. The van der Waals surface area contributed by atoms with Crippen molar-refractivity contribution in [1.82, 2.24) is 50.8 Å². The van der Waals surface area contributed by atoms with Crippen LogP contribution in [0.1, 0.15) is 147 Å². The molecule has 2 saturated heterocycles. The van der Waals surface area contributed by atoms with E-state index in [1.807, 2.05) is 11.8 Å². The van der Waals surface area contributed by atoms with E-state index in [-0.39, 0.29) is 33.7 Å². The number of amides is 8. The highest BCUT2D eigenvalue weighted by molar-refractivity contribution is 7.99. The number of nitrogens with one attached hydrogen (secondary N) is 4. The lowest BCUT2D eigenvalue weighted by Crippen LogP contribution is -2.59. The maximum Gasteiger partial charge on any atom is 0.335 e. The fourth-order valence-electron chi connectivity index (χ4n) is 16.4. The Morgan fingerprint density at radius 3 is 1.41 bits per heavy atom. The van der Waals surface area contributed by atoms with Crippen LogP contribution in [-0.2, 0) is 67.0 Å². The second-order valence-electron chi connectivity index (χ2n) is 33.8. The number of nitrogens with two attached hydrogens (primary N) is 1. The Kier molecular flexibility index (Phi) is 32.1. The maximum absolute atomic E-state index is 15.2. The van der Waals surface area contributed by atoms with Crippen LogP contribution in [0.15, 0.2) is 79.7 Å². The summed E-state index contributed by atoms with van der Waals surface area (Å²) in [6.07, 6.45) is -5.19. The quantitative estimate of drug-likeness (QED) is 0.0375. The number of hydrogen-bond acceptors (Lipinski definition) is 25. The predicted octanol–water partition coefficient (Wildman–Crippen LogP) is 5.08. The summed E-state index contributed by atoms with van der Waals surface area (Å²) in [6.45, 7) is 22.8. The molecule has 35 heteroatoms. The molecular formula is C86H116N12O22S. The van der Waals surface area contributed by atoms with Crippen molar-refractivity contribution in [2.24, 2.45) is 53.3 Å². The standard InChI is InChI=1S/C64H88N10O16.C18H22N2S.C4H6O6/c1-27(2)44-53(78)35-19-17-21-37(35)61(84)71(13)25-40(75)73(15)50(29(5)6)63(86)88-33(11)46(59(82)67-44)69-57(80)39-24-23-31(9)55-48(39)66-49-42(43(65)52(77)32(10)56(49)90-55)58(81)70-47-34(12)89-64(87)51(30(7)8)74(16)41(76)26-72(14)62(85)38-22-18-20-36(38)54(79)45(28(3)4)68-60(47)83;1-14(12-19(2)3)13-20-15-8-4-6-10-17(15)21-18-11-7-5-9-16(18)20;5-1(3(7)8)2(6)4(9)10/h23-24,27-30,33-38,44-47,50-51H,17-22,25-26,65H2,1-16H3,(H,67,82)(H,68,83)(H,69,80)(H,70,81);4-11,14H,12-13H2,1-3H3;1-2,5-6H,(H,7,8)(H,9,10). The van der Waals surface area contributed by atoms with Crippen molar-refractivity contribution >= 4 is 123 Å². The second-order valence-corrected chi connectivity index (χ2v) is 34.9. The number of carboxylic acid groups (broad SMARTS) is 2. The van der Waals surface area contributed by atoms with Crippen LogP contribution >= 0.6 is 11.8 Å². The van der Waals surface area contributed by atoms with Crippen molar-refractivity contribution in [1.29, 1.82) is 0 Å². The fourth-order valence-corrected chi connectivity index (χ4v) is 17.5. The van der Waals surface area contributed by atoms with Crippen molar-refractivity contribution in [2.45, 2.75) is 199 Å². The van der Waals surface area contributed by atoms with Gasteiger partial charge >= 0.3 is 23.9 Å². The normalized spacial score (nSPS) is 24.6. The van der Waals surface area contributed by atoms with Crippen LogP contribution in [0.4, 0.5) is 17.1 Å². The molecule has 8 amide bonds. The van der Waals surface area contributed by atoms with Crippen LogP contribution in [0.2, 0.25) is 0 Å². The molecular weight excluding hydrogens is 1590 g/mol. The van der Waals surface area contributed by atoms with Crippen molar-refractivity contribution in [2.75, 3.05) is 79.1 Å². The van der Waals surface area contributed by atoms with Gasteiger partial charge in [0, 0.05) is 80.3 Å². The van der Waals surface area contributed by atoms with Crippen LogP contribution in [0.25, 0.3) is 22.6 Å². The molecule has 15 atom stereocenters. The number of likely N-dealkylation sites (N-methyl/N-ethyl adjacent to an activating group) is 4. The highest BCUT2D eigenvalue weighted by Crippen LogP contribution is 2.48. The van der Waals surface area contributed by atoms with E-state index >= 15 is 9.59 Å².